The van der Waals surface area contributed by atoms with Gasteiger partial charge in [0.05, 0.1) is 28.0 Å². The summed E-state index contributed by atoms with van der Waals surface area (Å²) in [5.41, 5.74) is 6.51. The molecule has 0 saturated carbocycles. The summed E-state index contributed by atoms with van der Waals surface area (Å²) < 4.78 is 5.62. The third kappa shape index (κ3) is 5.30. The molecule has 5 aromatic rings. The van der Waals surface area contributed by atoms with Crippen LogP contribution >= 0.6 is 0 Å². The molecule has 6 nitrogen and oxygen atoms in total. The van der Waals surface area contributed by atoms with Crippen molar-refractivity contribution in [2.75, 3.05) is 5.32 Å². The summed E-state index contributed by atoms with van der Waals surface area (Å²) in [4.78, 5) is 35.7. The summed E-state index contributed by atoms with van der Waals surface area (Å²) in [5, 5.41) is 2.86. The van der Waals surface area contributed by atoms with Crippen LogP contribution in [0.5, 0.6) is 0 Å². The van der Waals surface area contributed by atoms with Gasteiger partial charge in [-0.2, -0.15) is 0 Å². The first kappa shape index (κ1) is 24.8. The molecule has 1 unspecified atom stereocenters. The molecule has 188 valence electrons. The van der Waals surface area contributed by atoms with E-state index < -0.39 is 12.1 Å². The highest BCUT2D eigenvalue weighted by Crippen LogP contribution is 2.31. The Balaban J connectivity index is 1.45. The molecule has 0 bridgehead atoms. The van der Waals surface area contributed by atoms with Crippen LogP contribution in [0.2, 0.25) is 0 Å². The van der Waals surface area contributed by atoms with E-state index in [-0.39, 0.29) is 5.91 Å². The summed E-state index contributed by atoms with van der Waals surface area (Å²) in [6, 6.07) is 32.3. The van der Waals surface area contributed by atoms with Gasteiger partial charge in [0.1, 0.15) is 0 Å². The molecule has 6 heteroatoms. The molecule has 0 aliphatic rings. The van der Waals surface area contributed by atoms with E-state index in [1.54, 1.807) is 25.1 Å². The maximum atomic E-state index is 13.1. The number of ether oxygens (including phenoxy) is 1. The molecule has 0 aliphatic carbocycles. The maximum absolute atomic E-state index is 13.1. The minimum atomic E-state index is -0.927. The number of para-hydroxylation sites is 1. The van der Waals surface area contributed by atoms with E-state index in [4.69, 9.17) is 14.7 Å². The number of amides is 1. The smallest absolute Gasteiger partial charge is 0.338 e. The highest BCUT2D eigenvalue weighted by Gasteiger charge is 2.23. The van der Waals surface area contributed by atoms with Crippen molar-refractivity contribution in [2.45, 2.75) is 26.4 Å². The number of hydrogen-bond donors (Lipinski definition) is 1. The molecule has 0 spiro atoms. The molecule has 5 rings (SSSR count). The highest BCUT2D eigenvalue weighted by atomic mass is 16.5. The molecule has 0 aliphatic heterocycles. The molecular weight excluding hydrogens is 474 g/mol. The van der Waals surface area contributed by atoms with Crippen molar-refractivity contribution in [1.82, 2.24) is 9.97 Å². The summed E-state index contributed by atoms with van der Waals surface area (Å²) in [6.07, 6.45) is -0.584. The number of aromatic nitrogens is 2. The lowest BCUT2D eigenvalue weighted by molar-refractivity contribution is -0.124. The zero-order chi connectivity index (χ0) is 26.5. The fraction of sp³-hybridized carbons (Fsp3) is 0.125. The van der Waals surface area contributed by atoms with Gasteiger partial charge in [-0.15, -0.1) is 0 Å². The second-order valence-electron chi connectivity index (χ2n) is 8.96. The van der Waals surface area contributed by atoms with Gasteiger partial charge in [-0.3, -0.25) is 4.79 Å². The van der Waals surface area contributed by atoms with Crippen molar-refractivity contribution in [3.05, 3.63) is 114 Å². The van der Waals surface area contributed by atoms with Gasteiger partial charge in [-0.05, 0) is 43.2 Å². The fourth-order valence-electron chi connectivity index (χ4n) is 4.22. The molecule has 1 heterocycles. The fourth-order valence-corrected chi connectivity index (χ4v) is 4.22. The molecule has 0 fully saturated rings. The first-order valence-electron chi connectivity index (χ1n) is 12.5. The standard InChI is InChI=1S/C32H27N3O3/c1-3-28(31(36)35-25-17-11-10-12-21(25)2)38-32(37)24-18-19-26-27(20-24)34-30(23-15-8-5-9-16-23)29(33-26)22-13-6-4-7-14-22/h4-20,28H,3H2,1-2H3,(H,35,36). The van der Waals surface area contributed by atoms with E-state index in [1.807, 2.05) is 91.9 Å². The Morgan fingerprint density at radius 2 is 1.34 bits per heavy atom. The van der Waals surface area contributed by atoms with E-state index in [0.717, 1.165) is 28.1 Å². The Morgan fingerprint density at radius 3 is 1.95 bits per heavy atom. The SMILES string of the molecule is CCC(OC(=O)c1ccc2nc(-c3ccccc3)c(-c3ccccc3)nc2c1)C(=O)Nc1ccccc1C. The number of anilines is 1. The monoisotopic (exact) mass is 501 g/mol. The molecule has 0 radical (unpaired) electrons. The van der Waals surface area contributed by atoms with Crippen molar-refractivity contribution in [3.8, 4) is 22.5 Å². The third-order valence-corrected chi connectivity index (χ3v) is 6.31. The number of nitrogens with zero attached hydrogens (tertiary/aromatic N) is 2. The van der Waals surface area contributed by atoms with Gasteiger partial charge in [0.15, 0.2) is 6.10 Å². The quantitative estimate of drug-likeness (QED) is 0.247. The predicted octanol–water partition coefficient (Wildman–Crippen LogP) is 6.85. The molecule has 1 N–H and O–H groups in total. The van der Waals surface area contributed by atoms with Crippen LogP contribution < -0.4 is 5.32 Å². The summed E-state index contributed by atoms with van der Waals surface area (Å²) in [5.74, 6) is -0.955. The molecule has 0 saturated heterocycles. The van der Waals surface area contributed by atoms with E-state index in [0.29, 0.717) is 28.7 Å². The van der Waals surface area contributed by atoms with E-state index in [2.05, 4.69) is 5.32 Å². The zero-order valence-electron chi connectivity index (χ0n) is 21.2. The number of nitrogens with one attached hydrogen (secondary N) is 1. The Labute approximate surface area is 221 Å². The van der Waals surface area contributed by atoms with Gasteiger partial charge in [-0.25, -0.2) is 14.8 Å². The summed E-state index contributed by atoms with van der Waals surface area (Å²) >= 11 is 0. The second-order valence-corrected chi connectivity index (χ2v) is 8.96. The predicted molar refractivity (Wildman–Crippen MR) is 150 cm³/mol. The number of benzene rings is 4. The third-order valence-electron chi connectivity index (χ3n) is 6.31. The van der Waals surface area contributed by atoms with Crippen molar-refractivity contribution in [1.29, 1.82) is 0 Å². The van der Waals surface area contributed by atoms with Crippen molar-refractivity contribution < 1.29 is 14.3 Å². The average molecular weight is 502 g/mol. The number of carbonyl (C=O) groups is 2. The topological polar surface area (TPSA) is 81.2 Å². The van der Waals surface area contributed by atoms with Gasteiger partial charge in [0.2, 0.25) is 0 Å². The van der Waals surface area contributed by atoms with Crippen molar-refractivity contribution >= 4 is 28.6 Å². The maximum Gasteiger partial charge on any atom is 0.338 e. The lowest BCUT2D eigenvalue weighted by Gasteiger charge is -2.17. The molecule has 1 aromatic heterocycles. The number of rotatable bonds is 7. The van der Waals surface area contributed by atoms with E-state index in [9.17, 15) is 9.59 Å². The van der Waals surface area contributed by atoms with Gasteiger partial charge in [-0.1, -0.05) is 85.8 Å². The molecule has 1 amide bonds. The van der Waals surface area contributed by atoms with Gasteiger partial charge >= 0.3 is 5.97 Å². The Kier molecular flexibility index (Phi) is 7.22. The lowest BCUT2D eigenvalue weighted by atomic mass is 10.0. The summed E-state index contributed by atoms with van der Waals surface area (Å²) in [6.45, 7) is 3.71. The van der Waals surface area contributed by atoms with E-state index >= 15 is 0 Å². The highest BCUT2D eigenvalue weighted by molar-refractivity contribution is 5.99. The van der Waals surface area contributed by atoms with Crippen LogP contribution in [-0.4, -0.2) is 27.9 Å². The van der Waals surface area contributed by atoms with Crippen LogP contribution in [0.4, 0.5) is 5.69 Å². The van der Waals surface area contributed by atoms with Gasteiger partial charge < -0.3 is 10.1 Å². The van der Waals surface area contributed by atoms with Crippen LogP contribution in [0.15, 0.2) is 103 Å². The van der Waals surface area contributed by atoms with Crippen molar-refractivity contribution in [2.24, 2.45) is 0 Å². The number of carbonyl (C=O) groups excluding carboxylic acids is 2. The number of hydrogen-bond acceptors (Lipinski definition) is 5. The van der Waals surface area contributed by atoms with Crippen LogP contribution in [0, 0.1) is 6.92 Å². The minimum absolute atomic E-state index is 0.306. The van der Waals surface area contributed by atoms with Crippen molar-refractivity contribution in [3.63, 3.8) is 0 Å². The average Bonchev–Trinajstić information content (AvgIpc) is 2.96. The second kappa shape index (κ2) is 11.0. The Hall–Kier alpha value is -4.84. The van der Waals surface area contributed by atoms with E-state index in [1.165, 1.54) is 0 Å². The molecular formula is C32H27N3O3. The van der Waals surface area contributed by atoms with Crippen LogP contribution in [-0.2, 0) is 9.53 Å². The minimum Gasteiger partial charge on any atom is -0.449 e. The van der Waals surface area contributed by atoms with Crippen LogP contribution in [0.1, 0.15) is 29.3 Å². The normalized spacial score (nSPS) is 11.6. The zero-order valence-corrected chi connectivity index (χ0v) is 21.2. The molecule has 38 heavy (non-hydrogen) atoms. The van der Waals surface area contributed by atoms with Crippen LogP contribution in [0.25, 0.3) is 33.5 Å². The molecule has 1 atom stereocenters. The molecule has 4 aromatic carbocycles. The lowest BCUT2D eigenvalue weighted by Crippen LogP contribution is -2.32. The van der Waals surface area contributed by atoms with Crippen LogP contribution in [0.3, 0.4) is 0 Å². The first-order valence-corrected chi connectivity index (χ1v) is 12.5. The van der Waals surface area contributed by atoms with Gasteiger partial charge in [0, 0.05) is 16.8 Å². The first-order chi connectivity index (χ1) is 18.5. The Bertz CT molecular complexity index is 1600. The van der Waals surface area contributed by atoms with Gasteiger partial charge in [0.25, 0.3) is 5.91 Å². The number of esters is 1. The Morgan fingerprint density at radius 1 is 0.763 bits per heavy atom. The summed E-state index contributed by atoms with van der Waals surface area (Å²) in [7, 11) is 0. The largest absolute Gasteiger partial charge is 0.449 e. The number of aryl methyl sites for hydroxylation is 1. The number of fused-ring (bicyclic) bond motifs is 1.